The fourth-order valence-corrected chi connectivity index (χ4v) is 9.51. The predicted molar refractivity (Wildman–Crippen MR) is 199 cm³/mol. The number of hydrogen-bond donors (Lipinski definition) is 3. The van der Waals surface area contributed by atoms with Crippen LogP contribution in [0.5, 0.6) is 11.5 Å². The first-order valence-corrected chi connectivity index (χ1v) is 20.8. The van der Waals surface area contributed by atoms with Gasteiger partial charge in [-0.25, -0.2) is 27.0 Å². The molecule has 0 bridgehead atoms. The molecular formula is C39H49F2N5O9S. The number of fused-ring (bicyclic) bond motifs is 5. The number of alkyl halides is 2. The Balaban J connectivity index is 1.26. The number of nitrogens with zero attached hydrogens (tertiary/aromatic N) is 2. The number of rotatable bonds is 7. The van der Waals surface area contributed by atoms with Gasteiger partial charge in [0.05, 0.1) is 30.0 Å². The minimum Gasteiger partial charge on any atom is -0.497 e. The number of hydrogen-bond acceptors (Lipinski definition) is 10. The zero-order valence-corrected chi connectivity index (χ0v) is 32.8. The molecule has 2 saturated carbocycles. The zero-order chi connectivity index (χ0) is 40.2. The van der Waals surface area contributed by atoms with Crippen LogP contribution in [0, 0.1) is 5.92 Å². The smallest absolute Gasteiger partial charge is 0.408 e. The maximum absolute atomic E-state index is 14.7. The highest BCUT2D eigenvalue weighted by Gasteiger charge is 2.64. The van der Waals surface area contributed by atoms with Crippen LogP contribution in [0.4, 0.5) is 13.6 Å². The lowest BCUT2D eigenvalue weighted by atomic mass is 9.87. The Kier molecular flexibility index (Phi) is 10.5. The first kappa shape index (κ1) is 39.7. The average Bonchev–Trinajstić information content (AvgIpc) is 4.03. The van der Waals surface area contributed by atoms with Gasteiger partial charge in [0.1, 0.15) is 34.7 Å². The maximum atomic E-state index is 14.7. The minimum atomic E-state index is -4.05. The summed E-state index contributed by atoms with van der Waals surface area (Å²) in [6.07, 6.45) is 3.57. The molecule has 5 unspecified atom stereocenters. The highest BCUT2D eigenvalue weighted by atomic mass is 32.2. The average molecular weight is 802 g/mol. The third kappa shape index (κ3) is 7.50. The van der Waals surface area contributed by atoms with E-state index in [2.05, 4.69) is 20.3 Å². The Morgan fingerprint density at radius 3 is 2.57 bits per heavy atom. The summed E-state index contributed by atoms with van der Waals surface area (Å²) in [5, 5.41) is 6.09. The summed E-state index contributed by atoms with van der Waals surface area (Å²) in [6, 6.07) is 2.54. The van der Waals surface area contributed by atoms with Crippen LogP contribution in [0.25, 0.3) is 10.9 Å². The summed E-state index contributed by atoms with van der Waals surface area (Å²) in [4.78, 5) is 61.6. The van der Waals surface area contributed by atoms with Gasteiger partial charge in [-0.2, -0.15) is 0 Å². The predicted octanol–water partition coefficient (Wildman–Crippen LogP) is 4.74. The zero-order valence-electron chi connectivity index (χ0n) is 32.0. The first-order valence-electron chi connectivity index (χ1n) is 19.3. The van der Waals surface area contributed by atoms with Crippen LogP contribution >= 0.6 is 0 Å². The van der Waals surface area contributed by atoms with Gasteiger partial charge in [-0.1, -0.05) is 25.0 Å². The number of sulfonamides is 1. The summed E-state index contributed by atoms with van der Waals surface area (Å²) in [5.41, 5.74) is -2.68. The minimum absolute atomic E-state index is 0.125. The van der Waals surface area contributed by atoms with Crippen molar-refractivity contribution in [1.29, 1.82) is 0 Å². The number of amides is 4. The van der Waals surface area contributed by atoms with E-state index in [9.17, 15) is 36.4 Å². The number of carbonyl (C=O) groups is 4. The Labute approximate surface area is 324 Å². The molecule has 7 rings (SSSR count). The topological polar surface area (TPSA) is 182 Å². The molecular weight excluding hydrogens is 753 g/mol. The van der Waals surface area contributed by atoms with Crippen molar-refractivity contribution in [1.82, 2.24) is 25.2 Å². The van der Waals surface area contributed by atoms with E-state index in [1.165, 1.54) is 12.0 Å². The Morgan fingerprint density at radius 2 is 1.88 bits per heavy atom. The van der Waals surface area contributed by atoms with E-state index in [0.29, 0.717) is 54.3 Å². The number of aromatic nitrogens is 1. The van der Waals surface area contributed by atoms with Gasteiger partial charge >= 0.3 is 6.09 Å². The van der Waals surface area contributed by atoms with Crippen molar-refractivity contribution in [3.05, 3.63) is 41.6 Å². The lowest BCUT2D eigenvalue weighted by Gasteiger charge is -2.37. The second-order valence-electron chi connectivity index (χ2n) is 16.3. The summed E-state index contributed by atoms with van der Waals surface area (Å²) in [7, 11) is -2.56. The van der Waals surface area contributed by atoms with Crippen molar-refractivity contribution in [3.8, 4) is 11.5 Å². The monoisotopic (exact) mass is 801 g/mol. The number of benzene rings is 1. The normalized spacial score (nSPS) is 28.6. The molecule has 17 heteroatoms. The fraction of sp³-hybridized carbons (Fsp3) is 0.615. The lowest BCUT2D eigenvalue weighted by Crippen LogP contribution is -2.58. The standard InChI is InChI=1S/C39H49F2N5O9S/c1-22(2)54-36(50)43-28-11-9-7-5-6-8-10-23-19-39(23,35(49)45-56(51,52)37(3)16-17-37)44-33(47)29-20-38(21-46(29)34(28)48)15-14-25-26-18-24(53-4)12-13-27(26)42-30(32(40)41)31(25)55-38/h8,10,12-13,18,22-23,28-29,32H,5-7,9,11,14-17,19-21H2,1-4H3,(H,43,50)(H,44,47)(H,45,49). The lowest BCUT2D eigenvalue weighted by molar-refractivity contribution is -0.141. The first-order chi connectivity index (χ1) is 26.5. The number of allylic oxidation sites excluding steroid dienone is 1. The van der Waals surface area contributed by atoms with Gasteiger partial charge < -0.3 is 29.7 Å². The van der Waals surface area contributed by atoms with E-state index in [0.717, 1.165) is 6.42 Å². The van der Waals surface area contributed by atoms with Gasteiger partial charge in [-0.3, -0.25) is 19.1 Å². The van der Waals surface area contributed by atoms with Crippen molar-refractivity contribution in [2.24, 2.45) is 5.92 Å². The molecule has 3 aliphatic heterocycles. The second-order valence-corrected chi connectivity index (χ2v) is 18.5. The molecule has 3 fully saturated rings. The number of halogens is 2. The molecule has 2 aliphatic carbocycles. The molecule has 2 aromatic rings. The second kappa shape index (κ2) is 14.8. The van der Waals surface area contributed by atoms with E-state index in [1.54, 1.807) is 39.0 Å². The van der Waals surface area contributed by atoms with Gasteiger partial charge in [-0.05, 0) is 90.3 Å². The largest absolute Gasteiger partial charge is 0.497 e. The van der Waals surface area contributed by atoms with Crippen molar-refractivity contribution in [3.63, 3.8) is 0 Å². The summed E-state index contributed by atoms with van der Waals surface area (Å²) >= 11 is 0. The van der Waals surface area contributed by atoms with Crippen LogP contribution in [0.15, 0.2) is 30.4 Å². The van der Waals surface area contributed by atoms with Crippen LogP contribution in [0.1, 0.15) is 103 Å². The summed E-state index contributed by atoms with van der Waals surface area (Å²) < 4.78 is 74.1. The van der Waals surface area contributed by atoms with Crippen LogP contribution < -0.4 is 24.8 Å². The summed E-state index contributed by atoms with van der Waals surface area (Å²) in [6.45, 7) is 4.70. The molecule has 4 amide bonds. The van der Waals surface area contributed by atoms with Gasteiger partial charge in [0.2, 0.25) is 21.8 Å². The van der Waals surface area contributed by atoms with Gasteiger partial charge in [0.15, 0.2) is 5.75 Å². The third-order valence-electron chi connectivity index (χ3n) is 11.9. The molecule has 304 valence electrons. The maximum Gasteiger partial charge on any atom is 0.408 e. The molecule has 1 aromatic carbocycles. The van der Waals surface area contributed by atoms with E-state index in [1.807, 2.05) is 12.2 Å². The van der Waals surface area contributed by atoms with E-state index in [4.69, 9.17) is 14.2 Å². The number of pyridine rings is 1. The molecule has 5 aliphatic rings. The van der Waals surface area contributed by atoms with Crippen LogP contribution in [0.2, 0.25) is 0 Å². The molecule has 14 nitrogen and oxygen atoms in total. The van der Waals surface area contributed by atoms with Crippen molar-refractivity contribution in [2.75, 3.05) is 13.7 Å². The van der Waals surface area contributed by atoms with Crippen LogP contribution in [-0.4, -0.2) is 89.8 Å². The van der Waals surface area contributed by atoms with E-state index >= 15 is 0 Å². The Bertz CT molecular complexity index is 2080. The van der Waals surface area contributed by atoms with Crippen LogP contribution in [-0.2, 0) is 35.6 Å². The van der Waals surface area contributed by atoms with Crippen molar-refractivity contribution < 1.29 is 50.6 Å². The molecule has 0 radical (unpaired) electrons. The third-order valence-corrected chi connectivity index (χ3v) is 14.0. The molecule has 5 atom stereocenters. The number of aryl methyl sites for hydroxylation is 1. The molecule has 1 spiro atoms. The van der Waals surface area contributed by atoms with Crippen LogP contribution in [0.3, 0.4) is 0 Å². The molecule has 1 saturated heterocycles. The molecule has 4 heterocycles. The van der Waals surface area contributed by atoms with Crippen molar-refractivity contribution >= 4 is 44.7 Å². The molecule has 1 aromatic heterocycles. The number of carbonyl (C=O) groups excluding carboxylic acids is 4. The number of nitrogens with one attached hydrogen (secondary N) is 3. The van der Waals surface area contributed by atoms with E-state index < -0.39 is 85.9 Å². The highest BCUT2D eigenvalue weighted by molar-refractivity contribution is 7.91. The van der Waals surface area contributed by atoms with E-state index in [-0.39, 0.29) is 44.4 Å². The van der Waals surface area contributed by atoms with Crippen molar-refractivity contribution in [2.45, 2.75) is 132 Å². The number of ether oxygens (including phenoxy) is 3. The van der Waals surface area contributed by atoms with Gasteiger partial charge in [0, 0.05) is 23.3 Å². The summed E-state index contributed by atoms with van der Waals surface area (Å²) in [5.74, 6) is -2.34. The Hall–Kier alpha value is -4.54. The van der Waals surface area contributed by atoms with Gasteiger partial charge in [0.25, 0.3) is 12.3 Å². The number of methoxy groups -OCH3 is 1. The van der Waals surface area contributed by atoms with Gasteiger partial charge in [-0.15, -0.1) is 0 Å². The number of alkyl carbamates (subject to hydrolysis) is 1. The highest BCUT2D eigenvalue weighted by Crippen LogP contribution is 2.50. The Morgan fingerprint density at radius 1 is 1.11 bits per heavy atom. The molecule has 56 heavy (non-hydrogen) atoms. The SMILES string of the molecule is COc1ccc2nc(C(F)F)c3c(c2c1)CCC1(CC2C(=O)NC4(C(=O)NS(=O)(=O)C5(C)CC5)CC4C=CCCCCCC(NC(=O)OC(C)C)C(=O)N2C1)O3. The molecule has 3 N–H and O–H groups in total. The fourth-order valence-electron chi connectivity index (χ4n) is 8.20. The quantitative estimate of drug-likeness (QED) is 0.331.